The van der Waals surface area contributed by atoms with Crippen LogP contribution in [0, 0.1) is 0 Å². The van der Waals surface area contributed by atoms with E-state index in [1.807, 2.05) is 42.5 Å². The maximum atomic E-state index is 12.5. The molecule has 2 aromatic heterocycles. The molecule has 5 aromatic rings. The fourth-order valence-corrected chi connectivity index (χ4v) is 3.32. The summed E-state index contributed by atoms with van der Waals surface area (Å²) in [4.78, 5) is 20.4. The number of para-hydroxylation sites is 2. The van der Waals surface area contributed by atoms with Gasteiger partial charge in [-0.3, -0.25) is 4.79 Å². The molecular formula is C24H18N4O3. The smallest absolute Gasteiger partial charge is 0.271 e. The minimum absolute atomic E-state index is 0.237. The first-order chi connectivity index (χ1) is 15.2. The van der Waals surface area contributed by atoms with Gasteiger partial charge in [0.05, 0.1) is 23.7 Å². The van der Waals surface area contributed by atoms with Gasteiger partial charge in [-0.15, -0.1) is 5.10 Å². The predicted molar refractivity (Wildman–Crippen MR) is 117 cm³/mol. The Morgan fingerprint density at radius 1 is 1.03 bits per heavy atom. The number of aromatic amines is 1. The number of hydrogen-bond acceptors (Lipinski definition) is 5. The molecule has 0 radical (unpaired) electrons. The summed E-state index contributed by atoms with van der Waals surface area (Å²) in [6.45, 7) is 0. The Kier molecular flexibility index (Phi) is 4.68. The van der Waals surface area contributed by atoms with Gasteiger partial charge in [-0.2, -0.15) is 0 Å². The Hall–Kier alpha value is -4.39. The van der Waals surface area contributed by atoms with Gasteiger partial charge in [-0.05, 0) is 48.5 Å². The summed E-state index contributed by atoms with van der Waals surface area (Å²) in [5.74, 6) is 0.962. The molecule has 2 heterocycles. The molecule has 0 unspecified atom stereocenters. The molecular weight excluding hydrogens is 392 g/mol. The fraction of sp³-hybridized carbons (Fsp3) is 0.0417. The van der Waals surface area contributed by atoms with Crippen molar-refractivity contribution in [2.45, 2.75) is 0 Å². The third-order valence-electron chi connectivity index (χ3n) is 4.89. The minimum atomic E-state index is -0.332. The van der Waals surface area contributed by atoms with Crippen molar-refractivity contribution in [1.82, 2.24) is 15.4 Å². The summed E-state index contributed by atoms with van der Waals surface area (Å²) >= 11 is 0. The molecule has 0 aliphatic heterocycles. The van der Waals surface area contributed by atoms with Crippen LogP contribution in [0.3, 0.4) is 0 Å². The Labute approximate surface area is 177 Å². The SMILES string of the molecule is COc1ccc2o/c(=N\NC(=O)c3ccccc3)c(-c3nc4ccccc4[nH]3)cc2c1. The number of ether oxygens (including phenoxy) is 1. The van der Waals surface area contributed by atoms with Crippen LogP contribution in [-0.2, 0) is 0 Å². The standard InChI is InChI=1S/C24H18N4O3/c1-30-17-11-12-21-16(13-17)14-18(22-25-19-9-5-6-10-20(19)26-22)24(31-21)28-27-23(29)15-7-3-2-4-8-15/h2-14H,1H3,(H,25,26)(H,27,29)/b28-24-. The normalized spacial score (nSPS) is 11.7. The van der Waals surface area contributed by atoms with E-state index in [4.69, 9.17) is 9.15 Å². The molecule has 0 fully saturated rings. The number of fused-ring (bicyclic) bond motifs is 2. The molecule has 3 aromatic carbocycles. The number of benzene rings is 3. The number of imidazole rings is 1. The first-order valence-corrected chi connectivity index (χ1v) is 9.67. The molecule has 152 valence electrons. The zero-order valence-corrected chi connectivity index (χ0v) is 16.6. The number of H-pyrrole nitrogens is 1. The summed E-state index contributed by atoms with van der Waals surface area (Å²) in [7, 11) is 1.61. The van der Waals surface area contributed by atoms with E-state index in [2.05, 4.69) is 20.5 Å². The lowest BCUT2D eigenvalue weighted by Gasteiger charge is -2.05. The molecule has 2 N–H and O–H groups in total. The third-order valence-corrected chi connectivity index (χ3v) is 4.89. The Balaban J connectivity index is 1.66. The van der Waals surface area contributed by atoms with Crippen molar-refractivity contribution in [2.75, 3.05) is 7.11 Å². The quantitative estimate of drug-likeness (QED) is 0.434. The molecule has 0 saturated heterocycles. The van der Waals surface area contributed by atoms with Crippen LogP contribution in [0.4, 0.5) is 0 Å². The lowest BCUT2D eigenvalue weighted by Crippen LogP contribution is -2.22. The zero-order valence-electron chi connectivity index (χ0n) is 16.6. The number of hydrogen-bond donors (Lipinski definition) is 2. The number of nitrogens with zero attached hydrogens (tertiary/aromatic N) is 2. The summed E-state index contributed by atoms with van der Waals surface area (Å²) in [5.41, 5.74) is 6.25. The van der Waals surface area contributed by atoms with E-state index in [0.717, 1.165) is 16.4 Å². The van der Waals surface area contributed by atoms with Gasteiger partial charge in [-0.1, -0.05) is 30.3 Å². The predicted octanol–water partition coefficient (Wildman–Crippen LogP) is 4.23. The van der Waals surface area contributed by atoms with Gasteiger partial charge in [0.15, 0.2) is 0 Å². The average Bonchev–Trinajstić information content (AvgIpc) is 3.26. The number of rotatable bonds is 4. The van der Waals surface area contributed by atoms with Gasteiger partial charge >= 0.3 is 0 Å². The highest BCUT2D eigenvalue weighted by molar-refractivity contribution is 5.93. The molecule has 0 aliphatic carbocycles. The van der Waals surface area contributed by atoms with Crippen LogP contribution in [0.1, 0.15) is 10.4 Å². The summed E-state index contributed by atoms with van der Waals surface area (Å²) in [5, 5.41) is 5.09. The summed E-state index contributed by atoms with van der Waals surface area (Å²) in [6.07, 6.45) is 0. The number of aromatic nitrogens is 2. The van der Waals surface area contributed by atoms with Crippen LogP contribution >= 0.6 is 0 Å². The van der Waals surface area contributed by atoms with E-state index >= 15 is 0 Å². The molecule has 31 heavy (non-hydrogen) atoms. The van der Waals surface area contributed by atoms with Crippen LogP contribution in [0.2, 0.25) is 0 Å². The van der Waals surface area contributed by atoms with Gasteiger partial charge in [0, 0.05) is 10.9 Å². The molecule has 0 aliphatic rings. The second-order valence-corrected chi connectivity index (χ2v) is 6.89. The highest BCUT2D eigenvalue weighted by Gasteiger charge is 2.13. The van der Waals surface area contributed by atoms with Crippen molar-refractivity contribution in [1.29, 1.82) is 0 Å². The number of carbonyl (C=O) groups excluding carboxylic acids is 1. The van der Waals surface area contributed by atoms with Crippen LogP contribution in [-0.4, -0.2) is 23.0 Å². The monoisotopic (exact) mass is 410 g/mol. The molecule has 0 spiro atoms. The van der Waals surface area contributed by atoms with E-state index in [1.54, 1.807) is 43.5 Å². The summed E-state index contributed by atoms with van der Waals surface area (Å²) in [6, 6.07) is 24.0. The van der Waals surface area contributed by atoms with Crippen molar-refractivity contribution in [3.05, 3.63) is 90.0 Å². The van der Waals surface area contributed by atoms with Crippen LogP contribution in [0.15, 0.2) is 88.4 Å². The van der Waals surface area contributed by atoms with E-state index < -0.39 is 0 Å². The maximum absolute atomic E-state index is 12.5. The van der Waals surface area contributed by atoms with Crippen LogP contribution in [0.25, 0.3) is 33.4 Å². The van der Waals surface area contributed by atoms with Crippen molar-refractivity contribution in [3.63, 3.8) is 0 Å². The lowest BCUT2D eigenvalue weighted by molar-refractivity contribution is 0.0951. The maximum Gasteiger partial charge on any atom is 0.271 e. The average molecular weight is 410 g/mol. The molecule has 0 atom stereocenters. The second kappa shape index (κ2) is 7.79. The van der Waals surface area contributed by atoms with Gasteiger partial charge in [-0.25, -0.2) is 10.4 Å². The number of carbonyl (C=O) groups is 1. The molecule has 7 nitrogen and oxygen atoms in total. The van der Waals surface area contributed by atoms with Crippen molar-refractivity contribution in [2.24, 2.45) is 5.10 Å². The first-order valence-electron chi connectivity index (χ1n) is 9.67. The third kappa shape index (κ3) is 3.64. The first kappa shape index (κ1) is 18.6. The van der Waals surface area contributed by atoms with Gasteiger partial charge < -0.3 is 14.1 Å². The molecule has 7 heteroatoms. The summed E-state index contributed by atoms with van der Waals surface area (Å²) < 4.78 is 11.4. The molecule has 0 bridgehead atoms. The van der Waals surface area contributed by atoms with E-state index in [1.165, 1.54) is 0 Å². The van der Waals surface area contributed by atoms with Crippen molar-refractivity contribution < 1.29 is 13.9 Å². The minimum Gasteiger partial charge on any atom is -0.497 e. The number of methoxy groups -OCH3 is 1. The number of amides is 1. The van der Waals surface area contributed by atoms with Crippen LogP contribution < -0.4 is 15.7 Å². The van der Waals surface area contributed by atoms with Gasteiger partial charge in [0.25, 0.3) is 5.91 Å². The Morgan fingerprint density at radius 3 is 2.65 bits per heavy atom. The van der Waals surface area contributed by atoms with E-state index in [0.29, 0.717) is 28.3 Å². The molecule has 1 amide bonds. The lowest BCUT2D eigenvalue weighted by atomic mass is 10.1. The highest BCUT2D eigenvalue weighted by Crippen LogP contribution is 2.24. The fourth-order valence-electron chi connectivity index (χ4n) is 3.32. The largest absolute Gasteiger partial charge is 0.497 e. The second-order valence-electron chi connectivity index (χ2n) is 6.89. The van der Waals surface area contributed by atoms with Crippen molar-refractivity contribution >= 4 is 27.9 Å². The van der Waals surface area contributed by atoms with Crippen molar-refractivity contribution in [3.8, 4) is 17.1 Å². The zero-order chi connectivity index (χ0) is 21.2. The van der Waals surface area contributed by atoms with E-state index in [9.17, 15) is 4.79 Å². The molecule has 5 rings (SSSR count). The van der Waals surface area contributed by atoms with Gasteiger partial charge in [0.2, 0.25) is 5.55 Å². The van der Waals surface area contributed by atoms with Gasteiger partial charge in [0.1, 0.15) is 17.2 Å². The topological polar surface area (TPSA) is 92.5 Å². The Morgan fingerprint density at radius 2 is 1.84 bits per heavy atom. The van der Waals surface area contributed by atoms with E-state index in [-0.39, 0.29) is 11.5 Å². The molecule has 0 saturated carbocycles. The Bertz CT molecular complexity index is 1440. The number of nitrogens with one attached hydrogen (secondary N) is 2. The highest BCUT2D eigenvalue weighted by atomic mass is 16.5. The van der Waals surface area contributed by atoms with Crippen LogP contribution in [0.5, 0.6) is 5.75 Å².